The van der Waals surface area contributed by atoms with Crippen molar-refractivity contribution in [1.29, 1.82) is 0 Å². The second-order valence-corrected chi connectivity index (χ2v) is 3.82. The molecule has 1 fully saturated rings. The van der Waals surface area contributed by atoms with Crippen molar-refractivity contribution in [2.75, 3.05) is 19.7 Å². The summed E-state index contributed by atoms with van der Waals surface area (Å²) in [7, 11) is 0. The van der Waals surface area contributed by atoms with E-state index in [2.05, 4.69) is 5.32 Å². The molecule has 0 unspecified atom stereocenters. The molecule has 3 heteroatoms. The average molecular weight is 207 g/mol. The molecule has 0 radical (unpaired) electrons. The Bertz CT molecular complexity index is 332. The third-order valence-electron chi connectivity index (χ3n) is 2.81. The summed E-state index contributed by atoms with van der Waals surface area (Å²) in [5.41, 5.74) is 1.13. The van der Waals surface area contributed by atoms with E-state index in [0.717, 1.165) is 25.1 Å². The van der Waals surface area contributed by atoms with Gasteiger partial charge in [0.05, 0.1) is 6.61 Å². The van der Waals surface area contributed by atoms with E-state index >= 15 is 0 Å². The molecule has 1 atom stereocenters. The zero-order valence-corrected chi connectivity index (χ0v) is 8.99. The summed E-state index contributed by atoms with van der Waals surface area (Å²) in [4.78, 5) is 0. The SMILES string of the molecule is CCOc1c(O)cccc1[C@H]1CCNC1. The lowest BCUT2D eigenvalue weighted by molar-refractivity contribution is 0.312. The molecule has 1 aliphatic heterocycles. The molecule has 3 nitrogen and oxygen atoms in total. The van der Waals surface area contributed by atoms with Gasteiger partial charge in [0, 0.05) is 18.0 Å². The fourth-order valence-electron chi connectivity index (χ4n) is 2.09. The van der Waals surface area contributed by atoms with Crippen LogP contribution in [-0.2, 0) is 0 Å². The zero-order chi connectivity index (χ0) is 10.7. The topological polar surface area (TPSA) is 41.5 Å². The number of para-hydroxylation sites is 1. The Hall–Kier alpha value is -1.22. The molecule has 2 rings (SSSR count). The average Bonchev–Trinajstić information content (AvgIpc) is 2.74. The van der Waals surface area contributed by atoms with E-state index < -0.39 is 0 Å². The van der Waals surface area contributed by atoms with Crippen LogP contribution in [0, 0.1) is 0 Å². The van der Waals surface area contributed by atoms with Gasteiger partial charge in [0.2, 0.25) is 0 Å². The third kappa shape index (κ3) is 2.07. The van der Waals surface area contributed by atoms with Crippen LogP contribution in [0.1, 0.15) is 24.8 Å². The van der Waals surface area contributed by atoms with Gasteiger partial charge in [-0.3, -0.25) is 0 Å². The Morgan fingerprint density at radius 1 is 1.53 bits per heavy atom. The number of phenols is 1. The largest absolute Gasteiger partial charge is 0.504 e. The molecule has 0 bridgehead atoms. The number of hydrogen-bond donors (Lipinski definition) is 2. The number of ether oxygens (including phenoxy) is 1. The van der Waals surface area contributed by atoms with E-state index in [4.69, 9.17) is 4.74 Å². The lowest BCUT2D eigenvalue weighted by atomic mass is 9.97. The van der Waals surface area contributed by atoms with Crippen molar-refractivity contribution < 1.29 is 9.84 Å². The minimum absolute atomic E-state index is 0.251. The van der Waals surface area contributed by atoms with Gasteiger partial charge in [-0.25, -0.2) is 0 Å². The van der Waals surface area contributed by atoms with Gasteiger partial charge in [-0.1, -0.05) is 12.1 Å². The number of benzene rings is 1. The van der Waals surface area contributed by atoms with Crippen molar-refractivity contribution in [2.24, 2.45) is 0 Å². The highest BCUT2D eigenvalue weighted by molar-refractivity contribution is 5.47. The normalized spacial score (nSPS) is 20.5. The number of phenolic OH excluding ortho intramolecular Hbond substituents is 1. The summed E-state index contributed by atoms with van der Waals surface area (Å²) in [5.74, 6) is 1.38. The van der Waals surface area contributed by atoms with Crippen molar-refractivity contribution >= 4 is 0 Å². The Labute approximate surface area is 90.1 Å². The van der Waals surface area contributed by atoms with E-state index in [1.165, 1.54) is 0 Å². The fourth-order valence-corrected chi connectivity index (χ4v) is 2.09. The summed E-state index contributed by atoms with van der Waals surface area (Å²) < 4.78 is 5.50. The van der Waals surface area contributed by atoms with Crippen molar-refractivity contribution in [3.05, 3.63) is 23.8 Å². The molecule has 1 heterocycles. The van der Waals surface area contributed by atoms with Crippen LogP contribution in [0.2, 0.25) is 0 Å². The highest BCUT2D eigenvalue weighted by Gasteiger charge is 2.21. The van der Waals surface area contributed by atoms with Gasteiger partial charge in [0.1, 0.15) is 0 Å². The first kappa shape index (κ1) is 10.3. The van der Waals surface area contributed by atoms with Crippen molar-refractivity contribution in [1.82, 2.24) is 5.32 Å². The highest BCUT2D eigenvalue weighted by Crippen LogP contribution is 2.37. The summed E-state index contributed by atoms with van der Waals surface area (Å²) in [6.07, 6.45) is 1.11. The molecule has 1 aromatic carbocycles. The second-order valence-electron chi connectivity index (χ2n) is 3.82. The molecular weight excluding hydrogens is 190 g/mol. The molecule has 1 aromatic rings. The van der Waals surface area contributed by atoms with Gasteiger partial charge in [-0.15, -0.1) is 0 Å². The number of aromatic hydroxyl groups is 1. The van der Waals surface area contributed by atoms with Crippen LogP contribution in [0.5, 0.6) is 11.5 Å². The van der Waals surface area contributed by atoms with E-state index in [1.54, 1.807) is 6.07 Å². The molecule has 15 heavy (non-hydrogen) atoms. The summed E-state index contributed by atoms with van der Waals surface area (Å²) in [6.45, 7) is 4.54. The molecule has 0 saturated carbocycles. The molecule has 2 N–H and O–H groups in total. The van der Waals surface area contributed by atoms with Crippen LogP contribution in [0.4, 0.5) is 0 Å². The maximum atomic E-state index is 9.74. The standard InChI is InChI=1S/C12H17NO2/c1-2-15-12-10(4-3-5-11(12)14)9-6-7-13-8-9/h3-5,9,13-14H,2,6-8H2,1H3/t9-/m0/s1. The Kier molecular flexibility index (Phi) is 3.11. The minimum Gasteiger partial charge on any atom is -0.504 e. The summed E-state index contributed by atoms with van der Waals surface area (Å²) in [5, 5.41) is 13.1. The van der Waals surface area contributed by atoms with Gasteiger partial charge in [-0.2, -0.15) is 0 Å². The van der Waals surface area contributed by atoms with Crippen LogP contribution in [0.3, 0.4) is 0 Å². The Morgan fingerprint density at radius 2 is 2.40 bits per heavy atom. The maximum absolute atomic E-state index is 9.74. The first-order valence-electron chi connectivity index (χ1n) is 5.48. The van der Waals surface area contributed by atoms with Gasteiger partial charge >= 0.3 is 0 Å². The first-order chi connectivity index (χ1) is 7.33. The van der Waals surface area contributed by atoms with Gasteiger partial charge < -0.3 is 15.2 Å². The first-order valence-corrected chi connectivity index (χ1v) is 5.48. The smallest absolute Gasteiger partial charge is 0.164 e. The minimum atomic E-state index is 0.251. The molecule has 1 aliphatic rings. The lowest BCUT2D eigenvalue weighted by Gasteiger charge is -2.15. The van der Waals surface area contributed by atoms with Crippen molar-refractivity contribution in [3.63, 3.8) is 0 Å². The monoisotopic (exact) mass is 207 g/mol. The van der Waals surface area contributed by atoms with Crippen LogP contribution in [0.25, 0.3) is 0 Å². The molecule has 82 valence electrons. The van der Waals surface area contributed by atoms with Crippen molar-refractivity contribution in [2.45, 2.75) is 19.3 Å². The van der Waals surface area contributed by atoms with Crippen LogP contribution in [0.15, 0.2) is 18.2 Å². The van der Waals surface area contributed by atoms with E-state index in [9.17, 15) is 5.11 Å². The molecule has 0 aliphatic carbocycles. The van der Waals surface area contributed by atoms with Gasteiger partial charge in [-0.05, 0) is 26.0 Å². The summed E-state index contributed by atoms with van der Waals surface area (Å²) >= 11 is 0. The van der Waals surface area contributed by atoms with Gasteiger partial charge in [0.15, 0.2) is 11.5 Å². The maximum Gasteiger partial charge on any atom is 0.164 e. The molecule has 0 amide bonds. The van der Waals surface area contributed by atoms with E-state index in [-0.39, 0.29) is 5.75 Å². The molecule has 1 saturated heterocycles. The quantitative estimate of drug-likeness (QED) is 0.795. The van der Waals surface area contributed by atoms with Crippen molar-refractivity contribution in [3.8, 4) is 11.5 Å². The zero-order valence-electron chi connectivity index (χ0n) is 8.99. The molecule has 0 aromatic heterocycles. The molecular formula is C12H17NO2. The lowest BCUT2D eigenvalue weighted by Crippen LogP contribution is -2.09. The summed E-state index contributed by atoms with van der Waals surface area (Å²) in [6, 6.07) is 5.60. The Morgan fingerprint density at radius 3 is 3.07 bits per heavy atom. The van der Waals surface area contributed by atoms with E-state index in [0.29, 0.717) is 18.3 Å². The van der Waals surface area contributed by atoms with Crippen LogP contribution in [-0.4, -0.2) is 24.8 Å². The van der Waals surface area contributed by atoms with Gasteiger partial charge in [0.25, 0.3) is 0 Å². The van der Waals surface area contributed by atoms with Crippen LogP contribution < -0.4 is 10.1 Å². The highest BCUT2D eigenvalue weighted by atomic mass is 16.5. The number of hydrogen-bond acceptors (Lipinski definition) is 3. The molecule has 0 spiro atoms. The third-order valence-corrected chi connectivity index (χ3v) is 2.81. The predicted octanol–water partition coefficient (Wildman–Crippen LogP) is 1.87. The fraction of sp³-hybridized carbons (Fsp3) is 0.500. The number of rotatable bonds is 3. The predicted molar refractivity (Wildman–Crippen MR) is 59.5 cm³/mol. The Balaban J connectivity index is 2.31. The van der Waals surface area contributed by atoms with E-state index in [1.807, 2.05) is 19.1 Å². The second kappa shape index (κ2) is 4.53. The number of nitrogens with one attached hydrogen (secondary N) is 1. The van der Waals surface area contributed by atoms with Crippen LogP contribution >= 0.6 is 0 Å².